The van der Waals surface area contributed by atoms with Gasteiger partial charge in [-0.25, -0.2) is 9.59 Å². The Morgan fingerprint density at radius 1 is 1.00 bits per heavy atom. The van der Waals surface area contributed by atoms with Crippen LogP contribution in [-0.4, -0.2) is 34.8 Å². The molecule has 2 atom stereocenters. The molecule has 0 aromatic heterocycles. The van der Waals surface area contributed by atoms with Crippen LogP contribution in [0.25, 0.3) is 0 Å². The van der Waals surface area contributed by atoms with Crippen LogP contribution in [-0.2, 0) is 9.59 Å². The minimum atomic E-state index is -1.09. The van der Waals surface area contributed by atoms with Gasteiger partial charge >= 0.3 is 0 Å². The van der Waals surface area contributed by atoms with Crippen molar-refractivity contribution in [1.82, 2.24) is 0 Å². The van der Waals surface area contributed by atoms with Crippen molar-refractivity contribution in [1.29, 1.82) is 0 Å². The molecule has 0 spiro atoms. The first kappa shape index (κ1) is 11.7. The van der Waals surface area contributed by atoms with Crippen molar-refractivity contribution in [3.8, 4) is 0 Å². The first-order chi connectivity index (χ1) is 6.20. The van der Waals surface area contributed by atoms with Gasteiger partial charge in [-0.1, -0.05) is 0 Å². The van der Waals surface area contributed by atoms with Gasteiger partial charge in [0, 0.05) is 0 Å². The smallest absolute Gasteiger partial charge is 0.237 e. The zero-order valence-electron chi connectivity index (χ0n) is 6.88. The fourth-order valence-corrected chi connectivity index (χ4v) is 0.734. The van der Waals surface area contributed by atoms with Crippen molar-refractivity contribution in [2.75, 3.05) is 0 Å². The van der Waals surface area contributed by atoms with Crippen LogP contribution in [0.4, 0.5) is 0 Å². The van der Waals surface area contributed by atoms with Gasteiger partial charge in [-0.05, 0) is 19.3 Å². The maximum absolute atomic E-state index is 9.64. The zero-order chi connectivity index (χ0) is 10.1. The lowest BCUT2D eigenvalue weighted by molar-refractivity contribution is 0.143. The number of carbonyl (C=O) groups excluding carboxylic acids is 2. The van der Waals surface area contributed by atoms with E-state index in [1.165, 1.54) is 12.2 Å². The normalized spacial score (nSPS) is 13.7. The molecular weight excluding hydrogens is 176 g/mol. The Labute approximate surface area is 74.6 Å². The molecule has 0 aromatic rings. The Bertz CT molecular complexity index is 207. The maximum Gasteiger partial charge on any atom is 0.237 e. The highest BCUT2D eigenvalue weighted by Crippen LogP contribution is 2.04. The highest BCUT2D eigenvalue weighted by molar-refractivity contribution is 5.33. The first-order valence-corrected chi connectivity index (χ1v) is 3.70. The highest BCUT2D eigenvalue weighted by Gasteiger charge is 2.04. The van der Waals surface area contributed by atoms with E-state index in [9.17, 15) is 9.59 Å². The molecule has 0 amide bonds. The third kappa shape index (κ3) is 7.05. The fourth-order valence-electron chi connectivity index (χ4n) is 0.734. The molecule has 0 aliphatic rings. The van der Waals surface area contributed by atoms with Crippen LogP contribution in [0.5, 0.6) is 0 Å². The van der Waals surface area contributed by atoms with Crippen molar-refractivity contribution in [3.05, 3.63) is 0 Å². The van der Waals surface area contributed by atoms with E-state index in [0.29, 0.717) is 6.42 Å². The second-order valence-corrected chi connectivity index (χ2v) is 2.33. The second kappa shape index (κ2) is 7.34. The van der Waals surface area contributed by atoms with E-state index < -0.39 is 12.5 Å². The topological polar surface area (TPSA) is 99.3 Å². The van der Waals surface area contributed by atoms with E-state index in [4.69, 9.17) is 10.2 Å². The summed E-state index contributed by atoms with van der Waals surface area (Å²) >= 11 is 0. The SMILES string of the molecule is O=C=NC(O)CCCC(O)N=C=O. The van der Waals surface area contributed by atoms with Crippen molar-refractivity contribution in [3.63, 3.8) is 0 Å². The fraction of sp³-hybridized carbons (Fsp3) is 0.714. The molecule has 0 aliphatic carbocycles. The average molecular weight is 186 g/mol. The summed E-state index contributed by atoms with van der Waals surface area (Å²) in [6, 6.07) is 0. The third-order valence-electron chi connectivity index (χ3n) is 1.33. The van der Waals surface area contributed by atoms with Crippen LogP contribution >= 0.6 is 0 Å². The molecule has 2 unspecified atom stereocenters. The van der Waals surface area contributed by atoms with Crippen molar-refractivity contribution >= 4 is 12.2 Å². The lowest BCUT2D eigenvalue weighted by Crippen LogP contribution is -2.06. The molecule has 0 aromatic carbocycles. The quantitative estimate of drug-likeness (QED) is 0.430. The van der Waals surface area contributed by atoms with Gasteiger partial charge in [-0.3, -0.25) is 0 Å². The summed E-state index contributed by atoms with van der Waals surface area (Å²) in [6.07, 6.45) is 1.08. The molecule has 2 N–H and O–H groups in total. The number of aliphatic hydroxyl groups is 2. The summed E-state index contributed by atoms with van der Waals surface area (Å²) in [5, 5.41) is 17.7. The van der Waals surface area contributed by atoms with E-state index in [2.05, 4.69) is 9.98 Å². The Balaban J connectivity index is 3.55. The Hall–Kier alpha value is -1.32. The van der Waals surface area contributed by atoms with Gasteiger partial charge < -0.3 is 10.2 Å². The highest BCUT2D eigenvalue weighted by atomic mass is 16.3. The molecule has 0 bridgehead atoms. The number of nitrogens with zero attached hydrogens (tertiary/aromatic N) is 2. The van der Waals surface area contributed by atoms with Crippen molar-refractivity contribution < 1.29 is 19.8 Å². The lowest BCUT2D eigenvalue weighted by Gasteiger charge is -2.04. The molecule has 6 heteroatoms. The molecule has 13 heavy (non-hydrogen) atoms. The summed E-state index contributed by atoms with van der Waals surface area (Å²) in [7, 11) is 0. The lowest BCUT2D eigenvalue weighted by atomic mass is 10.2. The van der Waals surface area contributed by atoms with E-state index in [-0.39, 0.29) is 12.8 Å². The summed E-state index contributed by atoms with van der Waals surface area (Å²) in [6.45, 7) is 0. The number of isocyanates is 2. The Kier molecular flexibility index (Phi) is 6.59. The monoisotopic (exact) mass is 186 g/mol. The van der Waals surface area contributed by atoms with Gasteiger partial charge in [0.15, 0.2) is 12.5 Å². The van der Waals surface area contributed by atoms with Gasteiger partial charge in [-0.15, -0.1) is 0 Å². The van der Waals surface area contributed by atoms with Gasteiger partial charge in [0.05, 0.1) is 0 Å². The summed E-state index contributed by atoms with van der Waals surface area (Å²) in [5.41, 5.74) is 0. The average Bonchev–Trinajstić information content (AvgIpc) is 2.05. The molecule has 0 heterocycles. The minimum Gasteiger partial charge on any atom is -0.371 e. The van der Waals surface area contributed by atoms with Crippen LogP contribution < -0.4 is 0 Å². The molecule has 0 radical (unpaired) electrons. The number of aliphatic hydroxyl groups excluding tert-OH is 2. The van der Waals surface area contributed by atoms with Crippen LogP contribution in [0.15, 0.2) is 9.98 Å². The van der Waals surface area contributed by atoms with E-state index in [1.807, 2.05) is 0 Å². The molecular formula is C7H10N2O4. The summed E-state index contributed by atoms with van der Waals surface area (Å²) in [4.78, 5) is 25.3. The predicted molar refractivity (Wildman–Crippen MR) is 42.1 cm³/mol. The predicted octanol–water partition coefficient (Wildman–Crippen LogP) is -0.535. The number of hydrogen-bond acceptors (Lipinski definition) is 6. The first-order valence-electron chi connectivity index (χ1n) is 3.70. The largest absolute Gasteiger partial charge is 0.371 e. The van der Waals surface area contributed by atoms with Crippen molar-refractivity contribution in [2.45, 2.75) is 31.7 Å². The Morgan fingerprint density at radius 3 is 1.69 bits per heavy atom. The standard InChI is InChI=1S/C7H10N2O4/c10-4-8-6(12)2-1-3-7(13)9-5-11/h6-7,12-13H,1-3H2. The van der Waals surface area contributed by atoms with Crippen molar-refractivity contribution in [2.24, 2.45) is 9.98 Å². The van der Waals surface area contributed by atoms with Gasteiger partial charge in [0.2, 0.25) is 12.2 Å². The maximum atomic E-state index is 9.64. The molecule has 0 saturated carbocycles. The minimum absolute atomic E-state index is 0.223. The second-order valence-electron chi connectivity index (χ2n) is 2.33. The van der Waals surface area contributed by atoms with Gasteiger partial charge in [0.1, 0.15) is 0 Å². The Morgan fingerprint density at radius 2 is 1.38 bits per heavy atom. The molecule has 72 valence electrons. The molecule has 0 aliphatic heterocycles. The molecule has 0 rings (SSSR count). The molecule has 0 saturated heterocycles. The van der Waals surface area contributed by atoms with Crippen LogP contribution in [0.1, 0.15) is 19.3 Å². The molecule has 0 fully saturated rings. The zero-order valence-corrected chi connectivity index (χ0v) is 6.88. The van der Waals surface area contributed by atoms with Crippen LogP contribution in [0.3, 0.4) is 0 Å². The number of aliphatic imine (C=N–C) groups is 2. The van der Waals surface area contributed by atoms with E-state index in [0.717, 1.165) is 0 Å². The van der Waals surface area contributed by atoms with E-state index in [1.54, 1.807) is 0 Å². The number of hydrogen-bond donors (Lipinski definition) is 2. The van der Waals surface area contributed by atoms with E-state index >= 15 is 0 Å². The van der Waals surface area contributed by atoms with Crippen LogP contribution in [0, 0.1) is 0 Å². The number of rotatable bonds is 6. The van der Waals surface area contributed by atoms with Gasteiger partial charge in [0.25, 0.3) is 0 Å². The third-order valence-corrected chi connectivity index (χ3v) is 1.33. The summed E-state index contributed by atoms with van der Waals surface area (Å²) in [5.74, 6) is 0. The van der Waals surface area contributed by atoms with Crippen LogP contribution in [0.2, 0.25) is 0 Å². The van der Waals surface area contributed by atoms with Gasteiger partial charge in [-0.2, -0.15) is 9.98 Å². The molecule has 6 nitrogen and oxygen atoms in total. The summed E-state index contributed by atoms with van der Waals surface area (Å²) < 4.78 is 0.